The predicted molar refractivity (Wildman–Crippen MR) is 66.0 cm³/mol. The Morgan fingerprint density at radius 3 is 2.88 bits per heavy atom. The van der Waals surface area contributed by atoms with Gasteiger partial charge in [-0.15, -0.1) is 0 Å². The van der Waals surface area contributed by atoms with Crippen molar-refractivity contribution in [1.82, 2.24) is 5.32 Å². The first-order chi connectivity index (χ1) is 8.13. The Bertz CT molecular complexity index is 385. The predicted octanol–water partition coefficient (Wildman–Crippen LogP) is 3.00. The summed E-state index contributed by atoms with van der Waals surface area (Å²) in [5, 5.41) is 2.60. The second kappa shape index (κ2) is 7.37. The Labute approximate surface area is 108 Å². The molecule has 0 aliphatic rings. The molecule has 1 rings (SSSR count). The first-order valence-electron chi connectivity index (χ1n) is 5.40. The maximum Gasteiger partial charge on any atom is 0.220 e. The molecule has 1 N–H and O–H groups in total. The standard InChI is InChI=1S/C12H14BrF2NO/c13-11-4-3-10(15)8-9(11)2-5-12(17)16-7-1-6-14/h3-4,8H,1-2,5-7H2,(H,16,17). The van der Waals surface area contributed by atoms with E-state index in [1.165, 1.54) is 12.1 Å². The van der Waals surface area contributed by atoms with Gasteiger partial charge in [-0.25, -0.2) is 4.39 Å². The van der Waals surface area contributed by atoms with Crippen molar-refractivity contribution in [3.05, 3.63) is 34.1 Å². The zero-order valence-electron chi connectivity index (χ0n) is 9.31. The van der Waals surface area contributed by atoms with Gasteiger partial charge in [0.05, 0.1) is 6.67 Å². The van der Waals surface area contributed by atoms with Crippen LogP contribution in [0.1, 0.15) is 18.4 Å². The molecule has 2 nitrogen and oxygen atoms in total. The summed E-state index contributed by atoms with van der Waals surface area (Å²) in [4.78, 5) is 11.3. The number of hydrogen-bond donors (Lipinski definition) is 1. The van der Waals surface area contributed by atoms with Crippen LogP contribution in [0.25, 0.3) is 0 Å². The minimum absolute atomic E-state index is 0.144. The van der Waals surface area contributed by atoms with E-state index in [1.807, 2.05) is 0 Å². The van der Waals surface area contributed by atoms with E-state index in [2.05, 4.69) is 21.2 Å². The molecule has 0 bridgehead atoms. The van der Waals surface area contributed by atoms with Gasteiger partial charge in [0, 0.05) is 17.4 Å². The topological polar surface area (TPSA) is 29.1 Å². The lowest BCUT2D eigenvalue weighted by atomic mass is 10.1. The van der Waals surface area contributed by atoms with Crippen LogP contribution in [0.4, 0.5) is 8.78 Å². The fourth-order valence-electron chi connectivity index (χ4n) is 1.37. The average Bonchev–Trinajstić information content (AvgIpc) is 2.31. The first-order valence-corrected chi connectivity index (χ1v) is 6.19. The lowest BCUT2D eigenvalue weighted by Crippen LogP contribution is -2.24. The van der Waals surface area contributed by atoms with E-state index in [-0.39, 0.29) is 18.1 Å². The highest BCUT2D eigenvalue weighted by Crippen LogP contribution is 2.19. The van der Waals surface area contributed by atoms with E-state index in [1.54, 1.807) is 6.07 Å². The minimum Gasteiger partial charge on any atom is -0.356 e. The van der Waals surface area contributed by atoms with Gasteiger partial charge in [-0.1, -0.05) is 15.9 Å². The smallest absolute Gasteiger partial charge is 0.220 e. The first kappa shape index (κ1) is 14.1. The van der Waals surface area contributed by atoms with Crippen molar-refractivity contribution in [2.45, 2.75) is 19.3 Å². The van der Waals surface area contributed by atoms with Crippen molar-refractivity contribution in [3.8, 4) is 0 Å². The van der Waals surface area contributed by atoms with Gasteiger partial charge in [0.1, 0.15) is 5.82 Å². The number of nitrogens with one attached hydrogen (secondary N) is 1. The average molecular weight is 306 g/mol. The Kier molecular flexibility index (Phi) is 6.11. The summed E-state index contributed by atoms with van der Waals surface area (Å²) in [7, 11) is 0. The molecule has 0 aromatic heterocycles. The number of halogens is 3. The van der Waals surface area contributed by atoms with Crippen LogP contribution < -0.4 is 5.32 Å². The van der Waals surface area contributed by atoms with Crippen molar-refractivity contribution < 1.29 is 13.6 Å². The molecule has 0 atom stereocenters. The molecule has 1 aromatic carbocycles. The Hall–Kier alpha value is -0.970. The van der Waals surface area contributed by atoms with Crippen LogP contribution in [-0.2, 0) is 11.2 Å². The zero-order chi connectivity index (χ0) is 12.7. The fraction of sp³-hybridized carbons (Fsp3) is 0.417. The minimum atomic E-state index is -0.435. The van der Waals surface area contributed by atoms with Crippen LogP contribution in [0.2, 0.25) is 0 Å². The monoisotopic (exact) mass is 305 g/mol. The second-order valence-electron chi connectivity index (χ2n) is 3.63. The van der Waals surface area contributed by atoms with Gasteiger partial charge in [-0.2, -0.15) is 0 Å². The molecule has 17 heavy (non-hydrogen) atoms. The van der Waals surface area contributed by atoms with E-state index >= 15 is 0 Å². The molecule has 0 spiro atoms. The van der Waals surface area contributed by atoms with E-state index in [9.17, 15) is 13.6 Å². The molecular weight excluding hydrogens is 292 g/mol. The fourth-order valence-corrected chi connectivity index (χ4v) is 1.81. The van der Waals surface area contributed by atoms with E-state index in [0.717, 1.165) is 10.0 Å². The number of aryl methyl sites for hydroxylation is 1. The van der Waals surface area contributed by atoms with E-state index in [4.69, 9.17) is 0 Å². The van der Waals surface area contributed by atoms with Crippen LogP contribution in [0.5, 0.6) is 0 Å². The van der Waals surface area contributed by atoms with Crippen LogP contribution in [0, 0.1) is 5.82 Å². The highest BCUT2D eigenvalue weighted by molar-refractivity contribution is 9.10. The number of alkyl halides is 1. The maximum atomic E-state index is 13.0. The molecule has 0 fully saturated rings. The van der Waals surface area contributed by atoms with Gasteiger partial charge in [0.25, 0.3) is 0 Å². The molecule has 0 heterocycles. The second-order valence-corrected chi connectivity index (χ2v) is 4.48. The number of hydrogen-bond acceptors (Lipinski definition) is 1. The SMILES string of the molecule is O=C(CCc1cc(F)ccc1Br)NCCCF. The van der Waals surface area contributed by atoms with Crippen molar-refractivity contribution >= 4 is 21.8 Å². The molecule has 5 heteroatoms. The van der Waals surface area contributed by atoms with Crippen LogP contribution in [0.15, 0.2) is 22.7 Å². The molecule has 0 saturated carbocycles. The molecule has 0 aliphatic heterocycles. The maximum absolute atomic E-state index is 13.0. The van der Waals surface area contributed by atoms with Crippen LogP contribution in [0.3, 0.4) is 0 Å². The van der Waals surface area contributed by atoms with E-state index < -0.39 is 6.67 Å². The third kappa shape index (κ3) is 5.26. The van der Waals surface area contributed by atoms with Crippen LogP contribution in [-0.4, -0.2) is 19.1 Å². The molecule has 0 aliphatic carbocycles. The highest BCUT2D eigenvalue weighted by atomic mass is 79.9. The van der Waals surface area contributed by atoms with Gasteiger partial charge in [-0.3, -0.25) is 9.18 Å². The highest BCUT2D eigenvalue weighted by Gasteiger charge is 2.05. The molecule has 0 unspecified atom stereocenters. The lowest BCUT2D eigenvalue weighted by molar-refractivity contribution is -0.121. The third-order valence-corrected chi connectivity index (χ3v) is 3.04. The number of benzene rings is 1. The Balaban J connectivity index is 2.39. The number of carbonyl (C=O) groups excluding carboxylic acids is 1. The van der Waals surface area contributed by atoms with Crippen molar-refractivity contribution in [2.24, 2.45) is 0 Å². The lowest BCUT2D eigenvalue weighted by Gasteiger charge is -2.05. The summed E-state index contributed by atoms with van der Waals surface area (Å²) < 4.78 is 25.5. The van der Waals surface area contributed by atoms with Gasteiger partial charge in [-0.05, 0) is 36.6 Å². The largest absolute Gasteiger partial charge is 0.356 e. The molecule has 0 saturated heterocycles. The molecule has 94 valence electrons. The van der Waals surface area contributed by atoms with Crippen LogP contribution >= 0.6 is 15.9 Å². The van der Waals surface area contributed by atoms with Gasteiger partial charge in [0.15, 0.2) is 0 Å². The van der Waals surface area contributed by atoms with Gasteiger partial charge < -0.3 is 5.32 Å². The molecule has 1 amide bonds. The Morgan fingerprint density at radius 1 is 1.41 bits per heavy atom. The molecular formula is C12H14BrF2NO. The van der Waals surface area contributed by atoms with Crippen molar-refractivity contribution in [2.75, 3.05) is 13.2 Å². The summed E-state index contributed by atoms with van der Waals surface area (Å²) in [5.41, 5.74) is 0.755. The Morgan fingerprint density at radius 2 is 2.18 bits per heavy atom. The molecule has 1 aromatic rings. The number of carbonyl (C=O) groups is 1. The van der Waals surface area contributed by atoms with Gasteiger partial charge in [0.2, 0.25) is 5.91 Å². The number of rotatable bonds is 6. The van der Waals surface area contributed by atoms with Gasteiger partial charge >= 0.3 is 0 Å². The number of amides is 1. The summed E-state index contributed by atoms with van der Waals surface area (Å²) >= 11 is 3.30. The zero-order valence-corrected chi connectivity index (χ0v) is 10.9. The summed E-state index contributed by atoms with van der Waals surface area (Å²) in [5.74, 6) is -0.462. The third-order valence-electron chi connectivity index (χ3n) is 2.26. The molecule has 0 radical (unpaired) electrons. The van der Waals surface area contributed by atoms with Crippen molar-refractivity contribution in [1.29, 1.82) is 0 Å². The summed E-state index contributed by atoms with van der Waals surface area (Å²) in [6.45, 7) is -0.0879. The summed E-state index contributed by atoms with van der Waals surface area (Å²) in [6.07, 6.45) is 1.06. The normalized spacial score (nSPS) is 10.3. The van der Waals surface area contributed by atoms with Crippen molar-refractivity contribution in [3.63, 3.8) is 0 Å². The summed E-state index contributed by atoms with van der Waals surface area (Å²) in [6, 6.07) is 4.37. The quantitative estimate of drug-likeness (QED) is 0.804. The van der Waals surface area contributed by atoms with E-state index in [0.29, 0.717) is 19.4 Å².